The maximum absolute atomic E-state index is 5.88. The molecule has 0 saturated carbocycles. The molecule has 0 aliphatic carbocycles. The Morgan fingerprint density at radius 3 is 2.57 bits per heavy atom. The largest absolute Gasteiger partial charge is 0.356 e. The first-order valence-corrected chi connectivity index (χ1v) is 5.17. The molecule has 2 heterocycles. The number of nitrogens with two attached hydrogens (primary N) is 1. The molecular formula is C10H18N4. The molecule has 0 bridgehead atoms. The monoisotopic (exact) mass is 194 g/mol. The highest BCUT2D eigenvalue weighted by Gasteiger charge is 2.19. The molecule has 1 aliphatic heterocycles. The molecule has 78 valence electrons. The van der Waals surface area contributed by atoms with Crippen molar-refractivity contribution in [1.82, 2.24) is 9.78 Å². The van der Waals surface area contributed by atoms with Crippen molar-refractivity contribution in [2.45, 2.75) is 25.8 Å². The Morgan fingerprint density at radius 1 is 1.43 bits per heavy atom. The minimum Gasteiger partial charge on any atom is -0.356 e. The molecule has 1 aromatic heterocycles. The highest BCUT2D eigenvalue weighted by atomic mass is 15.4. The van der Waals surface area contributed by atoms with Gasteiger partial charge in [-0.05, 0) is 19.8 Å². The van der Waals surface area contributed by atoms with Crippen LogP contribution >= 0.6 is 0 Å². The van der Waals surface area contributed by atoms with E-state index in [0.717, 1.165) is 25.9 Å². The Bertz CT molecular complexity index is 290. The van der Waals surface area contributed by atoms with Crippen LogP contribution in [0.25, 0.3) is 0 Å². The van der Waals surface area contributed by atoms with E-state index in [1.54, 1.807) is 0 Å². The fraction of sp³-hybridized carbons (Fsp3) is 0.700. The van der Waals surface area contributed by atoms with Crippen LogP contribution in [0.15, 0.2) is 6.20 Å². The molecule has 0 unspecified atom stereocenters. The summed E-state index contributed by atoms with van der Waals surface area (Å²) in [7, 11) is 2.00. The van der Waals surface area contributed by atoms with Gasteiger partial charge < -0.3 is 10.6 Å². The summed E-state index contributed by atoms with van der Waals surface area (Å²) >= 11 is 0. The Hall–Kier alpha value is -1.03. The number of nitrogens with zero attached hydrogens (tertiary/aromatic N) is 3. The molecule has 1 aliphatic rings. The lowest BCUT2D eigenvalue weighted by atomic mass is 10.1. The van der Waals surface area contributed by atoms with Crippen molar-refractivity contribution in [2.24, 2.45) is 12.8 Å². The second-order valence-corrected chi connectivity index (χ2v) is 4.10. The molecule has 0 aromatic carbocycles. The van der Waals surface area contributed by atoms with Crippen LogP contribution in [0.2, 0.25) is 0 Å². The van der Waals surface area contributed by atoms with Gasteiger partial charge in [-0.2, -0.15) is 5.10 Å². The van der Waals surface area contributed by atoms with E-state index in [1.165, 1.54) is 11.4 Å². The van der Waals surface area contributed by atoms with Gasteiger partial charge in [0.25, 0.3) is 0 Å². The van der Waals surface area contributed by atoms with E-state index in [2.05, 4.69) is 16.9 Å². The van der Waals surface area contributed by atoms with Crippen LogP contribution in [-0.2, 0) is 7.05 Å². The number of aryl methyl sites for hydroxylation is 2. The van der Waals surface area contributed by atoms with Gasteiger partial charge in [-0.1, -0.05) is 0 Å². The van der Waals surface area contributed by atoms with Crippen molar-refractivity contribution in [1.29, 1.82) is 0 Å². The van der Waals surface area contributed by atoms with Crippen LogP contribution in [-0.4, -0.2) is 28.9 Å². The first kappa shape index (κ1) is 9.52. The summed E-state index contributed by atoms with van der Waals surface area (Å²) in [6.45, 7) is 4.22. The Morgan fingerprint density at radius 2 is 2.07 bits per heavy atom. The molecule has 0 radical (unpaired) electrons. The van der Waals surface area contributed by atoms with E-state index in [-0.39, 0.29) is 0 Å². The topological polar surface area (TPSA) is 47.1 Å². The van der Waals surface area contributed by atoms with Crippen molar-refractivity contribution in [3.05, 3.63) is 11.8 Å². The molecule has 2 N–H and O–H groups in total. The highest BCUT2D eigenvalue weighted by Crippen LogP contribution is 2.22. The second-order valence-electron chi connectivity index (χ2n) is 4.10. The average molecular weight is 194 g/mol. The summed E-state index contributed by atoms with van der Waals surface area (Å²) in [5, 5.41) is 4.25. The molecule has 1 saturated heterocycles. The number of rotatable bonds is 1. The molecule has 0 spiro atoms. The van der Waals surface area contributed by atoms with Gasteiger partial charge in [0.05, 0.1) is 6.20 Å². The van der Waals surface area contributed by atoms with Gasteiger partial charge in [0, 0.05) is 31.7 Å². The molecule has 0 amide bonds. The zero-order chi connectivity index (χ0) is 10.1. The summed E-state index contributed by atoms with van der Waals surface area (Å²) in [4.78, 5) is 2.38. The molecule has 2 rings (SSSR count). The first-order chi connectivity index (χ1) is 6.68. The van der Waals surface area contributed by atoms with Gasteiger partial charge in [0.2, 0.25) is 0 Å². The van der Waals surface area contributed by atoms with Crippen LogP contribution in [0, 0.1) is 6.92 Å². The third-order valence-electron chi connectivity index (χ3n) is 2.92. The third kappa shape index (κ3) is 1.62. The predicted octanol–water partition coefficient (Wildman–Crippen LogP) is 0.656. The smallest absolute Gasteiger partial charge is 0.129 e. The van der Waals surface area contributed by atoms with Crippen LogP contribution < -0.4 is 10.6 Å². The van der Waals surface area contributed by atoms with Crippen LogP contribution in [0.1, 0.15) is 18.4 Å². The van der Waals surface area contributed by atoms with E-state index in [9.17, 15) is 0 Å². The molecule has 4 nitrogen and oxygen atoms in total. The second kappa shape index (κ2) is 3.61. The maximum atomic E-state index is 5.88. The normalized spacial score (nSPS) is 18.9. The molecule has 1 aromatic rings. The summed E-state index contributed by atoms with van der Waals surface area (Å²) in [5.74, 6) is 1.25. The lowest BCUT2D eigenvalue weighted by molar-refractivity contribution is 0.492. The van der Waals surface area contributed by atoms with Crippen LogP contribution in [0.4, 0.5) is 5.82 Å². The number of piperidine rings is 1. The van der Waals surface area contributed by atoms with Crippen molar-refractivity contribution >= 4 is 5.82 Å². The number of anilines is 1. The van der Waals surface area contributed by atoms with Crippen LogP contribution in [0.5, 0.6) is 0 Å². The number of aromatic nitrogens is 2. The number of hydrogen-bond donors (Lipinski definition) is 1. The average Bonchev–Trinajstić information content (AvgIpc) is 2.49. The standard InChI is InChI=1S/C10H18N4/c1-8-7-12-13(2)10(8)14-5-3-9(11)4-6-14/h7,9H,3-6,11H2,1-2H3. The minimum absolute atomic E-state index is 0.389. The van der Waals surface area contributed by atoms with Crippen molar-refractivity contribution in [2.75, 3.05) is 18.0 Å². The van der Waals surface area contributed by atoms with E-state index < -0.39 is 0 Å². The zero-order valence-corrected chi connectivity index (χ0v) is 8.90. The van der Waals surface area contributed by atoms with E-state index in [1.807, 2.05) is 17.9 Å². The van der Waals surface area contributed by atoms with Crippen molar-refractivity contribution < 1.29 is 0 Å². The Labute approximate surface area is 84.7 Å². The van der Waals surface area contributed by atoms with E-state index in [4.69, 9.17) is 5.73 Å². The summed E-state index contributed by atoms with van der Waals surface area (Å²) in [6.07, 6.45) is 4.10. The first-order valence-electron chi connectivity index (χ1n) is 5.17. The number of hydrogen-bond acceptors (Lipinski definition) is 3. The molecule has 14 heavy (non-hydrogen) atoms. The lowest BCUT2D eigenvalue weighted by Gasteiger charge is -2.32. The van der Waals surface area contributed by atoms with Gasteiger partial charge in [0.15, 0.2) is 0 Å². The summed E-state index contributed by atoms with van der Waals surface area (Å²) in [5.41, 5.74) is 7.13. The fourth-order valence-corrected chi connectivity index (χ4v) is 2.11. The Kier molecular flexibility index (Phi) is 2.46. The van der Waals surface area contributed by atoms with Gasteiger partial charge >= 0.3 is 0 Å². The molecule has 0 atom stereocenters. The SMILES string of the molecule is Cc1cnn(C)c1N1CCC(N)CC1. The van der Waals surface area contributed by atoms with Gasteiger partial charge in [-0.15, -0.1) is 0 Å². The molecule has 1 fully saturated rings. The fourth-order valence-electron chi connectivity index (χ4n) is 2.11. The minimum atomic E-state index is 0.389. The van der Waals surface area contributed by atoms with Gasteiger partial charge in [-0.3, -0.25) is 4.68 Å². The molecular weight excluding hydrogens is 176 g/mol. The summed E-state index contributed by atoms with van der Waals surface area (Å²) in [6, 6.07) is 0.389. The quantitative estimate of drug-likeness (QED) is 0.714. The predicted molar refractivity (Wildman–Crippen MR) is 57.4 cm³/mol. The maximum Gasteiger partial charge on any atom is 0.129 e. The Balaban J connectivity index is 2.15. The van der Waals surface area contributed by atoms with E-state index >= 15 is 0 Å². The highest BCUT2D eigenvalue weighted by molar-refractivity contribution is 5.46. The van der Waals surface area contributed by atoms with Crippen LogP contribution in [0.3, 0.4) is 0 Å². The van der Waals surface area contributed by atoms with Gasteiger partial charge in [0.1, 0.15) is 5.82 Å². The van der Waals surface area contributed by atoms with Crippen molar-refractivity contribution in [3.8, 4) is 0 Å². The third-order valence-corrected chi connectivity index (χ3v) is 2.92. The van der Waals surface area contributed by atoms with Gasteiger partial charge in [-0.25, -0.2) is 0 Å². The van der Waals surface area contributed by atoms with Crippen molar-refractivity contribution in [3.63, 3.8) is 0 Å². The molecule has 4 heteroatoms. The lowest BCUT2D eigenvalue weighted by Crippen LogP contribution is -2.40. The van der Waals surface area contributed by atoms with E-state index in [0.29, 0.717) is 6.04 Å². The zero-order valence-electron chi connectivity index (χ0n) is 8.90. The summed E-state index contributed by atoms with van der Waals surface area (Å²) < 4.78 is 1.95.